The first-order valence-electron chi connectivity index (χ1n) is 10.2. The average Bonchev–Trinajstić information content (AvgIpc) is 3.48. The van der Waals surface area contributed by atoms with Gasteiger partial charge in [-0.25, -0.2) is 0 Å². The van der Waals surface area contributed by atoms with Crippen molar-refractivity contribution in [2.24, 2.45) is 0 Å². The third-order valence-electron chi connectivity index (χ3n) is 6.17. The molecule has 2 saturated heterocycles. The van der Waals surface area contributed by atoms with E-state index in [0.717, 1.165) is 31.2 Å². The van der Waals surface area contributed by atoms with E-state index in [1.54, 1.807) is 24.5 Å². The summed E-state index contributed by atoms with van der Waals surface area (Å²) < 4.78 is 0. The monoisotopic (exact) mass is 394 g/mol. The number of rotatable bonds is 4. The lowest BCUT2D eigenvalue weighted by Gasteiger charge is -2.35. The Bertz CT molecular complexity index is 938. The lowest BCUT2D eigenvalue weighted by atomic mass is 9.99. The fourth-order valence-electron chi connectivity index (χ4n) is 4.72. The van der Waals surface area contributed by atoms with Gasteiger partial charge in [0.2, 0.25) is 0 Å². The maximum absolute atomic E-state index is 13.3. The molecule has 0 saturated carbocycles. The topological polar surface area (TPSA) is 86.4 Å². The van der Waals surface area contributed by atoms with Gasteiger partial charge in [-0.2, -0.15) is 5.10 Å². The van der Waals surface area contributed by atoms with E-state index in [0.29, 0.717) is 29.8 Å². The Balaban J connectivity index is 1.57. The molecule has 1 aromatic carbocycles. The van der Waals surface area contributed by atoms with Crippen molar-refractivity contribution in [2.45, 2.75) is 51.6 Å². The lowest BCUT2D eigenvalue weighted by molar-refractivity contribution is 0.0554. The van der Waals surface area contributed by atoms with Crippen molar-refractivity contribution in [1.29, 1.82) is 0 Å². The van der Waals surface area contributed by atoms with Gasteiger partial charge >= 0.3 is 0 Å². The molecule has 4 rings (SSSR count). The minimum absolute atomic E-state index is 0.00271. The number of aromatic nitrogens is 2. The summed E-state index contributed by atoms with van der Waals surface area (Å²) in [6.45, 7) is 4.78. The lowest BCUT2D eigenvalue weighted by Crippen LogP contribution is -2.50. The van der Waals surface area contributed by atoms with Gasteiger partial charge in [-0.1, -0.05) is 6.07 Å². The Hall–Kier alpha value is -2.96. The average molecular weight is 394 g/mol. The van der Waals surface area contributed by atoms with E-state index in [1.807, 2.05) is 22.8 Å². The van der Waals surface area contributed by atoms with Crippen molar-refractivity contribution in [3.8, 4) is 0 Å². The Morgan fingerprint density at radius 2 is 1.62 bits per heavy atom. The first kappa shape index (κ1) is 19.4. The first-order chi connectivity index (χ1) is 14.0. The number of ketones is 1. The predicted molar refractivity (Wildman–Crippen MR) is 108 cm³/mol. The number of carbonyl (C=O) groups excluding carboxylic acids is 3. The summed E-state index contributed by atoms with van der Waals surface area (Å²) in [6, 6.07) is 5.35. The number of H-pyrrole nitrogens is 1. The molecule has 2 fully saturated rings. The van der Waals surface area contributed by atoms with Gasteiger partial charge in [-0.05, 0) is 57.2 Å². The standard InChI is InChI=1S/C22H26N4O3/c1-14-7-8-16(11-18(14)15(2)27)21(28)25-9-3-5-19(25)20-6-4-10-26(20)22(29)17-12-23-24-13-17/h7-8,11-13,19-20H,3-6,9-10H2,1-2H3,(H,23,24). The molecular weight excluding hydrogens is 368 g/mol. The molecule has 0 bridgehead atoms. The third-order valence-corrected chi connectivity index (χ3v) is 6.17. The van der Waals surface area contributed by atoms with Crippen molar-refractivity contribution in [3.63, 3.8) is 0 Å². The molecule has 29 heavy (non-hydrogen) atoms. The molecule has 0 aliphatic carbocycles. The van der Waals surface area contributed by atoms with Crippen LogP contribution in [0.1, 0.15) is 69.2 Å². The quantitative estimate of drug-likeness (QED) is 0.808. The second-order valence-electron chi connectivity index (χ2n) is 7.99. The van der Waals surface area contributed by atoms with Gasteiger partial charge in [0.15, 0.2) is 5.78 Å². The van der Waals surface area contributed by atoms with Crippen molar-refractivity contribution in [2.75, 3.05) is 13.1 Å². The normalized spacial score (nSPS) is 21.6. The molecule has 0 spiro atoms. The zero-order valence-corrected chi connectivity index (χ0v) is 16.9. The predicted octanol–water partition coefficient (Wildman–Crippen LogP) is 2.83. The molecule has 7 nitrogen and oxygen atoms in total. The second kappa shape index (κ2) is 7.81. The Kier molecular flexibility index (Phi) is 5.22. The van der Waals surface area contributed by atoms with Crippen molar-refractivity contribution in [1.82, 2.24) is 20.0 Å². The summed E-state index contributed by atoms with van der Waals surface area (Å²) in [5.41, 5.74) is 2.56. The highest BCUT2D eigenvalue weighted by Gasteiger charge is 2.42. The van der Waals surface area contributed by atoms with E-state index >= 15 is 0 Å². The summed E-state index contributed by atoms with van der Waals surface area (Å²) in [4.78, 5) is 41.9. The van der Waals surface area contributed by atoms with Crippen LogP contribution < -0.4 is 0 Å². The zero-order chi connectivity index (χ0) is 20.5. The smallest absolute Gasteiger partial charge is 0.257 e. The van der Waals surface area contributed by atoms with Crippen LogP contribution >= 0.6 is 0 Å². The molecular formula is C22H26N4O3. The van der Waals surface area contributed by atoms with Crippen molar-refractivity contribution < 1.29 is 14.4 Å². The number of Topliss-reactive ketones (excluding diaryl/α,β-unsaturated/α-hetero) is 1. The molecule has 3 heterocycles. The van der Waals surface area contributed by atoms with Gasteiger partial charge in [0.05, 0.1) is 23.8 Å². The largest absolute Gasteiger partial charge is 0.334 e. The van der Waals surface area contributed by atoms with E-state index in [1.165, 1.54) is 6.92 Å². The molecule has 152 valence electrons. The number of hydrogen-bond acceptors (Lipinski definition) is 4. The van der Waals surface area contributed by atoms with Crippen molar-refractivity contribution in [3.05, 3.63) is 52.8 Å². The number of aryl methyl sites for hydroxylation is 1. The van der Waals surface area contributed by atoms with E-state index < -0.39 is 0 Å². The summed E-state index contributed by atoms with van der Waals surface area (Å²) in [5, 5.41) is 6.58. The third kappa shape index (κ3) is 3.57. The molecule has 0 radical (unpaired) electrons. The van der Waals surface area contributed by atoms with Gasteiger partial charge in [0.25, 0.3) is 11.8 Å². The Morgan fingerprint density at radius 1 is 1.00 bits per heavy atom. The highest BCUT2D eigenvalue weighted by molar-refractivity contribution is 6.01. The van der Waals surface area contributed by atoms with E-state index in [2.05, 4.69) is 10.2 Å². The molecule has 2 aliphatic rings. The van der Waals surface area contributed by atoms with Crippen molar-refractivity contribution >= 4 is 17.6 Å². The van der Waals surface area contributed by atoms with Crippen LogP contribution in [0.2, 0.25) is 0 Å². The van der Waals surface area contributed by atoms with Crippen LogP contribution in [-0.2, 0) is 0 Å². The minimum atomic E-state index is -0.0578. The van der Waals surface area contributed by atoms with Gasteiger partial charge in [0, 0.05) is 30.4 Å². The second-order valence-corrected chi connectivity index (χ2v) is 7.99. The molecule has 1 N–H and O–H groups in total. The van der Waals surface area contributed by atoms with E-state index in [9.17, 15) is 14.4 Å². The van der Waals surface area contributed by atoms with Crippen LogP contribution in [0.25, 0.3) is 0 Å². The van der Waals surface area contributed by atoms with Crippen LogP contribution in [0.15, 0.2) is 30.6 Å². The summed E-state index contributed by atoms with van der Waals surface area (Å²) in [5.74, 6) is -0.129. The van der Waals surface area contributed by atoms with Gasteiger partial charge in [-0.15, -0.1) is 0 Å². The zero-order valence-electron chi connectivity index (χ0n) is 16.9. The SMILES string of the molecule is CC(=O)c1cc(C(=O)N2CCCC2C2CCCN2C(=O)c2cn[nH]c2)ccc1C. The summed E-state index contributed by atoms with van der Waals surface area (Å²) >= 11 is 0. The Labute approximate surface area is 170 Å². The highest BCUT2D eigenvalue weighted by Crippen LogP contribution is 2.32. The number of nitrogens with one attached hydrogen (secondary N) is 1. The molecule has 2 aromatic rings. The number of carbonyl (C=O) groups is 3. The number of benzene rings is 1. The Morgan fingerprint density at radius 3 is 2.17 bits per heavy atom. The van der Waals surface area contributed by atoms with Crippen LogP contribution in [0.4, 0.5) is 0 Å². The van der Waals surface area contributed by atoms with Crippen LogP contribution in [0.5, 0.6) is 0 Å². The van der Waals surface area contributed by atoms with Crippen LogP contribution in [-0.4, -0.2) is 62.8 Å². The molecule has 2 atom stereocenters. The minimum Gasteiger partial charge on any atom is -0.334 e. The molecule has 2 amide bonds. The number of hydrogen-bond donors (Lipinski definition) is 1. The van der Waals surface area contributed by atoms with Crippen LogP contribution in [0, 0.1) is 6.92 Å². The van der Waals surface area contributed by atoms with Gasteiger partial charge in [-0.3, -0.25) is 19.5 Å². The molecule has 7 heteroatoms. The number of amides is 2. The van der Waals surface area contributed by atoms with E-state index in [-0.39, 0.29) is 29.7 Å². The summed E-state index contributed by atoms with van der Waals surface area (Å²) in [7, 11) is 0. The maximum Gasteiger partial charge on any atom is 0.257 e. The highest BCUT2D eigenvalue weighted by atomic mass is 16.2. The molecule has 1 aromatic heterocycles. The van der Waals surface area contributed by atoms with Crippen LogP contribution in [0.3, 0.4) is 0 Å². The van der Waals surface area contributed by atoms with E-state index in [4.69, 9.17) is 0 Å². The fourth-order valence-corrected chi connectivity index (χ4v) is 4.72. The fraction of sp³-hybridized carbons (Fsp3) is 0.455. The molecule has 2 unspecified atom stereocenters. The van der Waals surface area contributed by atoms with Gasteiger partial charge < -0.3 is 9.80 Å². The number of likely N-dealkylation sites (tertiary alicyclic amines) is 2. The number of aromatic amines is 1. The number of nitrogens with zero attached hydrogens (tertiary/aromatic N) is 3. The first-order valence-corrected chi connectivity index (χ1v) is 10.2. The molecule has 2 aliphatic heterocycles. The van der Waals surface area contributed by atoms with Gasteiger partial charge in [0.1, 0.15) is 0 Å². The summed E-state index contributed by atoms with van der Waals surface area (Å²) in [6.07, 6.45) is 6.80. The maximum atomic E-state index is 13.3.